The van der Waals surface area contributed by atoms with E-state index in [2.05, 4.69) is 60.8 Å². The number of carbonyl (C=O) groups is 3. The van der Waals surface area contributed by atoms with Gasteiger partial charge in [-0.15, -0.1) is 11.6 Å². The number of amides is 3. The molecule has 0 unspecified atom stereocenters. The number of ether oxygens (including phenoxy) is 9. The third-order valence-electron chi connectivity index (χ3n) is 19.5. The molecular formula is C85H114ClN15O21. The summed E-state index contributed by atoms with van der Waals surface area (Å²) in [6.07, 6.45) is -6.87. The molecule has 12 atom stereocenters. The van der Waals surface area contributed by atoms with Crippen LogP contribution in [0.2, 0.25) is 0 Å². The van der Waals surface area contributed by atoms with E-state index in [4.69, 9.17) is 54.2 Å². The largest absolute Gasteiger partial charge is 0.497 e. The number of rotatable bonds is 25. The maximum atomic E-state index is 12.6. The summed E-state index contributed by atoms with van der Waals surface area (Å²) in [4.78, 5) is 105. The second-order valence-electron chi connectivity index (χ2n) is 28.3. The normalized spacial score (nSPS) is 20.1. The Labute approximate surface area is 710 Å². The predicted octanol–water partition coefficient (Wildman–Crippen LogP) is 9.28. The van der Waals surface area contributed by atoms with Gasteiger partial charge in [0, 0.05) is 17.8 Å². The first kappa shape index (κ1) is 99.4. The first-order chi connectivity index (χ1) is 56.1. The van der Waals surface area contributed by atoms with Gasteiger partial charge in [0.15, 0.2) is 52.2 Å². The highest BCUT2D eigenvalue weighted by Crippen LogP contribution is 2.44. The topological polar surface area (TPSA) is 482 Å². The first-order valence-corrected chi connectivity index (χ1v) is 37.8. The molecule has 122 heavy (non-hydrogen) atoms. The molecule has 3 aliphatic heterocycles. The molecule has 3 fully saturated rings. The number of anilines is 3. The van der Waals surface area contributed by atoms with E-state index >= 15 is 0 Å². The molecule has 12 N–H and O–H groups in total. The lowest BCUT2D eigenvalue weighted by Gasteiger charge is -2.29. The van der Waals surface area contributed by atoms with Crippen LogP contribution in [0, 0.1) is 17.8 Å². The van der Waals surface area contributed by atoms with Gasteiger partial charge in [0.05, 0.1) is 80.0 Å². The van der Waals surface area contributed by atoms with Gasteiger partial charge in [0.25, 0.3) is 16.7 Å². The minimum atomic E-state index is -1.34. The summed E-state index contributed by atoms with van der Waals surface area (Å²) in [6, 6.07) is 40.5. The minimum Gasteiger partial charge on any atom is -0.497 e. The van der Waals surface area contributed by atoms with Crippen molar-refractivity contribution < 1.29 is 87.7 Å². The summed E-state index contributed by atoms with van der Waals surface area (Å²) in [5.74, 6) is 1.10. The number of hydrogen-bond acceptors (Lipinski definition) is 27. The van der Waals surface area contributed by atoms with Gasteiger partial charge in [-0.2, -0.15) is 15.0 Å². The fraction of sp³-hybridized carbons (Fsp3) is 0.435. The Balaban J connectivity index is 0.000000251. The molecule has 0 bridgehead atoms. The van der Waals surface area contributed by atoms with Crippen molar-refractivity contribution in [3.8, 4) is 23.0 Å². The number of benzene rings is 5. The Hall–Kier alpha value is -11.4. The molecule has 3 aliphatic rings. The second kappa shape index (κ2) is 44.4. The SMILES string of the molecule is C.C.C.C.C.CC(C)C(=O)Nc1nc2c(ncn2[C@@H]2O[C@H](CO)[C@@H](O)[C@H]2O)c(=O)[nH]1.CC[C@H]1O[C@@H](n2cnc3c(=O)[nH]c(NC(=O)C(C)C)nc32)[C@H](OCc2ccc(OC)cc2)[C@@H]1O.COc1ccc(C(Cl)(c2ccccc2)c2ccc(OC)cc2)cc1.COc1ccc(CO[C@@H]2[C@H](O)[C@@H](CO)O[C@H]2n2cnc3c(=O)[nH]c(NC(=O)C(C)C)nc32)cc1. The van der Waals surface area contributed by atoms with Crippen LogP contribution in [0.5, 0.6) is 23.0 Å². The zero-order valence-corrected chi connectivity index (χ0v) is 66.5. The first-order valence-electron chi connectivity index (χ1n) is 37.4. The smallest absolute Gasteiger partial charge is 0.280 e. The van der Waals surface area contributed by atoms with E-state index in [9.17, 15) is 59.4 Å². The lowest BCUT2D eigenvalue weighted by molar-refractivity contribution is -0.119. The van der Waals surface area contributed by atoms with Gasteiger partial charge in [-0.3, -0.25) is 73.4 Å². The minimum absolute atomic E-state index is 0. The predicted molar refractivity (Wildman–Crippen MR) is 460 cm³/mol. The number of hydrogen-bond donors (Lipinski definition) is 12. The van der Waals surface area contributed by atoms with E-state index in [1.54, 1.807) is 86.7 Å². The van der Waals surface area contributed by atoms with Gasteiger partial charge in [-0.1, -0.05) is 164 Å². The van der Waals surface area contributed by atoms with E-state index in [1.807, 2.05) is 122 Å². The summed E-state index contributed by atoms with van der Waals surface area (Å²) in [7, 11) is 6.49. The number of imidazole rings is 3. The molecule has 14 rings (SSSR count). The van der Waals surface area contributed by atoms with Crippen LogP contribution in [0.25, 0.3) is 33.5 Å². The summed E-state index contributed by atoms with van der Waals surface area (Å²) >= 11 is 7.22. The van der Waals surface area contributed by atoms with Crippen molar-refractivity contribution in [2.24, 2.45) is 17.8 Å². The Bertz CT molecular complexity index is 5120. The second-order valence-corrected chi connectivity index (χ2v) is 28.9. The molecule has 0 saturated carbocycles. The van der Waals surface area contributed by atoms with Crippen LogP contribution in [-0.4, -0.2) is 204 Å². The summed E-state index contributed by atoms with van der Waals surface area (Å²) in [5.41, 5.74) is 3.64. The lowest BCUT2D eigenvalue weighted by Crippen LogP contribution is -2.35. The van der Waals surface area contributed by atoms with Crippen LogP contribution in [0.15, 0.2) is 161 Å². The van der Waals surface area contributed by atoms with Crippen molar-refractivity contribution in [3.63, 3.8) is 0 Å². The van der Waals surface area contributed by atoms with Crippen LogP contribution in [-0.2, 0) is 56.2 Å². The number of aliphatic hydroxyl groups excluding tert-OH is 6. The maximum absolute atomic E-state index is 12.6. The van der Waals surface area contributed by atoms with E-state index < -0.39 is 108 Å². The Morgan fingerprint density at radius 1 is 0.443 bits per heavy atom. The van der Waals surface area contributed by atoms with E-state index in [0.717, 1.165) is 45.1 Å². The highest BCUT2D eigenvalue weighted by Gasteiger charge is 2.48. The quantitative estimate of drug-likeness (QED) is 0.0187. The molecule has 0 spiro atoms. The standard InChI is InChI=1S/C23H29N5O6.C22H27N5O7.C21H19ClO2.C14H19N5O6.5CH4/c1-5-15-17(29)18(33-10-13-6-8-14(32-4)9-7-13)22(34-15)28-11-24-16-19(28)25-23(27-21(16)31)26-20(30)12(2)3;1-11(2)19(30)25-22-24-18-15(20(31)26-22)23-10-27(18)21-17(16(29)14(8-28)34-21)33-9-12-4-6-13(32-3)7-5-12;1-23-19-12-8-17(9-13-19)21(22,16-6-4-3-5-7-16)18-10-14-20(24-2)15-11-18;1-5(2)11(23)17-14-16-10-7(12(24)18-14)15-4-19(10)13-9(22)8(21)6(3-20)25-13;;;;;/h6-9,11-12,15,17-18,22,29H,5,10H2,1-4H3,(H2,25,26,27,30,31);4-7,10-11,14,16-17,21,28-29H,8-9H2,1-3H3,(H2,24,25,26,30,31);3-15H,1-2H3;4-6,8-9,13,20-22H,3H2,1-2H3,(H2,16,17,18,23,24);5*1H4/t15-,17-,18-,22-;14-,16-,17-,21-;;6-,8-,9-,13-;;;;;/m11.1...../s1. The fourth-order valence-corrected chi connectivity index (χ4v) is 13.2. The number of methoxy groups -OCH3 is 4. The number of aliphatic hydroxyl groups is 6. The molecule has 11 aromatic rings. The monoisotopic (exact) mass is 1720 g/mol. The molecule has 3 saturated heterocycles. The molecule has 0 radical (unpaired) electrons. The van der Waals surface area contributed by atoms with Gasteiger partial charge < -0.3 is 73.3 Å². The van der Waals surface area contributed by atoms with E-state index in [0.29, 0.717) is 12.2 Å². The zero-order chi connectivity index (χ0) is 84.1. The number of aromatic nitrogens is 12. The van der Waals surface area contributed by atoms with Gasteiger partial charge in [0.2, 0.25) is 35.6 Å². The number of alkyl halides is 1. The molecule has 37 heteroatoms. The Kier molecular flexibility index (Phi) is 36.2. The number of nitrogens with zero attached hydrogens (tertiary/aromatic N) is 9. The van der Waals surface area contributed by atoms with Crippen molar-refractivity contribution in [2.75, 3.05) is 57.6 Å². The number of halogens is 1. The summed E-state index contributed by atoms with van der Waals surface area (Å²) in [6.45, 7) is 11.7. The molecule has 9 heterocycles. The molecule has 3 amide bonds. The lowest BCUT2D eigenvalue weighted by atomic mass is 9.84. The van der Waals surface area contributed by atoms with E-state index in [-0.39, 0.29) is 137 Å². The Morgan fingerprint density at radius 3 is 1.05 bits per heavy atom. The molecule has 6 aromatic heterocycles. The highest BCUT2D eigenvalue weighted by atomic mass is 35.5. The molecule has 36 nitrogen and oxygen atoms in total. The van der Waals surface area contributed by atoms with Gasteiger partial charge in [-0.25, -0.2) is 15.0 Å². The van der Waals surface area contributed by atoms with Crippen molar-refractivity contribution in [3.05, 3.63) is 205 Å². The third-order valence-corrected chi connectivity index (χ3v) is 20.1. The number of fused-ring (bicyclic) bond motifs is 3. The average Bonchev–Trinajstić information content (AvgIpc) is 1.43. The van der Waals surface area contributed by atoms with Crippen LogP contribution >= 0.6 is 11.6 Å². The number of carbonyl (C=O) groups excluding carboxylic acids is 3. The van der Waals surface area contributed by atoms with Crippen molar-refractivity contribution >= 4 is 80.7 Å². The van der Waals surface area contributed by atoms with Gasteiger partial charge in [-0.05, 0) is 82.8 Å². The zero-order valence-electron chi connectivity index (χ0n) is 65.8. The van der Waals surface area contributed by atoms with Gasteiger partial charge in [0.1, 0.15) is 76.7 Å². The van der Waals surface area contributed by atoms with Crippen LogP contribution < -0.4 is 51.6 Å². The van der Waals surface area contributed by atoms with Crippen molar-refractivity contribution in [1.82, 2.24) is 58.6 Å². The van der Waals surface area contributed by atoms with Crippen molar-refractivity contribution in [1.29, 1.82) is 0 Å². The van der Waals surface area contributed by atoms with Gasteiger partial charge >= 0.3 is 0 Å². The fourth-order valence-electron chi connectivity index (χ4n) is 12.8. The van der Waals surface area contributed by atoms with E-state index in [1.165, 1.54) is 28.1 Å². The molecule has 0 aliphatic carbocycles. The molecule has 662 valence electrons. The third kappa shape index (κ3) is 22.3. The number of H-pyrrole nitrogens is 3. The highest BCUT2D eigenvalue weighted by molar-refractivity contribution is 6.28. The maximum Gasteiger partial charge on any atom is 0.280 e. The molecular weight excluding hydrogens is 1600 g/mol. The number of nitrogens with one attached hydrogen (secondary N) is 6. The van der Waals surface area contributed by atoms with Crippen molar-refractivity contribution in [2.45, 2.75) is 184 Å². The number of aromatic amines is 3. The summed E-state index contributed by atoms with van der Waals surface area (Å²) < 4.78 is 54.6. The molecule has 5 aromatic carbocycles. The van der Waals surface area contributed by atoms with Crippen LogP contribution in [0.3, 0.4) is 0 Å². The van der Waals surface area contributed by atoms with Crippen LogP contribution in [0.4, 0.5) is 17.8 Å². The van der Waals surface area contributed by atoms with Crippen LogP contribution in [0.1, 0.15) is 139 Å². The Morgan fingerprint density at radius 2 is 0.738 bits per heavy atom. The average molecular weight is 1720 g/mol. The summed E-state index contributed by atoms with van der Waals surface area (Å²) in [5, 5.41) is 68.1.